The third kappa shape index (κ3) is 3.40. The second kappa shape index (κ2) is 6.12. The van der Waals surface area contributed by atoms with Crippen molar-refractivity contribution in [3.8, 4) is 11.3 Å². The average Bonchev–Trinajstić information content (AvgIpc) is 2.46. The lowest BCUT2D eigenvalue weighted by atomic mass is 10.1. The zero-order valence-corrected chi connectivity index (χ0v) is 13.1. The summed E-state index contributed by atoms with van der Waals surface area (Å²) in [6, 6.07) is 11.5. The maximum absolute atomic E-state index is 6.00. The molecule has 1 N–H and O–H groups in total. The molecule has 0 aliphatic rings. The molecule has 0 bridgehead atoms. The molecule has 110 valence electrons. The highest BCUT2D eigenvalue weighted by molar-refractivity contribution is 6.30. The van der Waals surface area contributed by atoms with Crippen molar-refractivity contribution in [2.45, 2.75) is 13.8 Å². The summed E-state index contributed by atoms with van der Waals surface area (Å²) in [6.07, 6.45) is 3.63. The van der Waals surface area contributed by atoms with Crippen LogP contribution in [0.25, 0.3) is 11.3 Å². The fourth-order valence-corrected chi connectivity index (χ4v) is 2.35. The highest BCUT2D eigenvalue weighted by atomic mass is 35.5. The first-order valence-electron chi connectivity index (χ1n) is 6.90. The number of hydrogen-bond donors (Lipinski definition) is 1. The molecule has 0 radical (unpaired) electrons. The molecule has 0 aliphatic carbocycles. The monoisotopic (exact) mass is 310 g/mol. The second-order valence-electron chi connectivity index (χ2n) is 5.10. The molecule has 4 nitrogen and oxygen atoms in total. The number of aromatic nitrogens is 3. The number of halogens is 1. The Morgan fingerprint density at radius 2 is 1.86 bits per heavy atom. The van der Waals surface area contributed by atoms with Crippen LogP contribution in [0.1, 0.15) is 11.3 Å². The van der Waals surface area contributed by atoms with Gasteiger partial charge < -0.3 is 5.32 Å². The van der Waals surface area contributed by atoms with E-state index in [2.05, 4.69) is 26.3 Å². The van der Waals surface area contributed by atoms with Gasteiger partial charge in [-0.25, -0.2) is 9.97 Å². The van der Waals surface area contributed by atoms with Gasteiger partial charge >= 0.3 is 0 Å². The maximum Gasteiger partial charge on any atom is 0.227 e. The van der Waals surface area contributed by atoms with Crippen molar-refractivity contribution >= 4 is 23.2 Å². The van der Waals surface area contributed by atoms with E-state index in [9.17, 15) is 0 Å². The van der Waals surface area contributed by atoms with E-state index in [0.29, 0.717) is 11.0 Å². The lowest BCUT2D eigenvalue weighted by Crippen LogP contribution is -2.00. The normalized spacial score (nSPS) is 10.5. The highest BCUT2D eigenvalue weighted by Crippen LogP contribution is 2.22. The van der Waals surface area contributed by atoms with Crippen LogP contribution < -0.4 is 5.32 Å². The van der Waals surface area contributed by atoms with Crippen LogP contribution in [-0.4, -0.2) is 15.0 Å². The molecule has 3 rings (SSSR count). The predicted octanol–water partition coefficient (Wildman–Crippen LogP) is 4.55. The minimum Gasteiger partial charge on any atom is -0.324 e. The summed E-state index contributed by atoms with van der Waals surface area (Å²) >= 11 is 6.00. The molecule has 2 heterocycles. The molecule has 0 saturated heterocycles. The summed E-state index contributed by atoms with van der Waals surface area (Å²) in [7, 11) is 0. The Balaban J connectivity index is 1.96. The van der Waals surface area contributed by atoms with Crippen molar-refractivity contribution in [3.63, 3.8) is 0 Å². The van der Waals surface area contributed by atoms with Crippen LogP contribution in [-0.2, 0) is 0 Å². The third-order valence-corrected chi connectivity index (χ3v) is 3.34. The van der Waals surface area contributed by atoms with Gasteiger partial charge in [0.05, 0.1) is 5.69 Å². The van der Waals surface area contributed by atoms with E-state index >= 15 is 0 Å². The quantitative estimate of drug-likeness (QED) is 0.771. The van der Waals surface area contributed by atoms with Gasteiger partial charge in [0.25, 0.3) is 0 Å². The molecule has 2 aromatic heterocycles. The van der Waals surface area contributed by atoms with E-state index in [-0.39, 0.29) is 0 Å². The van der Waals surface area contributed by atoms with Crippen molar-refractivity contribution in [1.82, 2.24) is 15.0 Å². The Kier molecular flexibility index (Phi) is 4.02. The molecular weight excluding hydrogens is 296 g/mol. The smallest absolute Gasteiger partial charge is 0.227 e. The van der Waals surface area contributed by atoms with Gasteiger partial charge in [0.15, 0.2) is 0 Å². The van der Waals surface area contributed by atoms with Crippen molar-refractivity contribution in [3.05, 3.63) is 65.1 Å². The van der Waals surface area contributed by atoms with Gasteiger partial charge in [0.2, 0.25) is 5.95 Å². The summed E-state index contributed by atoms with van der Waals surface area (Å²) in [4.78, 5) is 13.2. The molecule has 0 atom stereocenters. The van der Waals surface area contributed by atoms with Crippen molar-refractivity contribution in [2.24, 2.45) is 0 Å². The Labute approximate surface area is 134 Å². The first-order chi connectivity index (χ1) is 10.6. The van der Waals surface area contributed by atoms with E-state index in [4.69, 9.17) is 11.6 Å². The van der Waals surface area contributed by atoms with E-state index in [0.717, 1.165) is 28.2 Å². The van der Waals surface area contributed by atoms with Crippen LogP contribution in [0.15, 0.2) is 48.8 Å². The number of aryl methyl sites for hydroxylation is 2. The topological polar surface area (TPSA) is 50.7 Å². The fourth-order valence-electron chi connectivity index (χ4n) is 2.16. The SMILES string of the molecule is Cc1cncc(-c2cc(C)nc(Nc3cccc(Cl)c3)n2)c1. The first kappa shape index (κ1) is 14.5. The molecule has 0 amide bonds. The molecule has 1 aromatic carbocycles. The number of nitrogens with zero attached hydrogens (tertiary/aromatic N) is 3. The molecule has 0 fully saturated rings. The van der Waals surface area contributed by atoms with E-state index in [1.54, 1.807) is 6.20 Å². The van der Waals surface area contributed by atoms with Crippen LogP contribution in [0, 0.1) is 13.8 Å². The fraction of sp³-hybridized carbons (Fsp3) is 0.118. The number of benzene rings is 1. The van der Waals surface area contributed by atoms with Gasteiger partial charge in [0, 0.05) is 34.4 Å². The maximum atomic E-state index is 6.00. The Bertz CT molecular complexity index is 817. The van der Waals surface area contributed by atoms with Gasteiger partial charge in [-0.3, -0.25) is 4.98 Å². The van der Waals surface area contributed by atoms with Crippen molar-refractivity contribution < 1.29 is 0 Å². The zero-order chi connectivity index (χ0) is 15.5. The Morgan fingerprint density at radius 1 is 1.00 bits per heavy atom. The van der Waals surface area contributed by atoms with Crippen LogP contribution in [0.3, 0.4) is 0 Å². The minimum absolute atomic E-state index is 0.541. The molecule has 22 heavy (non-hydrogen) atoms. The molecule has 0 aliphatic heterocycles. The Morgan fingerprint density at radius 3 is 2.64 bits per heavy atom. The molecule has 5 heteroatoms. The summed E-state index contributed by atoms with van der Waals surface area (Å²) < 4.78 is 0. The molecule has 3 aromatic rings. The largest absolute Gasteiger partial charge is 0.324 e. The van der Waals surface area contributed by atoms with Crippen molar-refractivity contribution in [1.29, 1.82) is 0 Å². The van der Waals surface area contributed by atoms with Gasteiger partial charge in [-0.1, -0.05) is 17.7 Å². The number of hydrogen-bond acceptors (Lipinski definition) is 4. The second-order valence-corrected chi connectivity index (χ2v) is 5.54. The van der Waals surface area contributed by atoms with Crippen LogP contribution >= 0.6 is 11.6 Å². The van der Waals surface area contributed by atoms with Gasteiger partial charge in [-0.2, -0.15) is 0 Å². The van der Waals surface area contributed by atoms with Crippen LogP contribution in [0.5, 0.6) is 0 Å². The number of nitrogens with one attached hydrogen (secondary N) is 1. The van der Waals surface area contributed by atoms with Crippen LogP contribution in [0.2, 0.25) is 5.02 Å². The predicted molar refractivity (Wildman–Crippen MR) is 89.5 cm³/mol. The summed E-state index contributed by atoms with van der Waals surface area (Å²) in [5.41, 5.74) is 4.65. The van der Waals surface area contributed by atoms with E-state index in [1.165, 1.54) is 0 Å². The highest BCUT2D eigenvalue weighted by Gasteiger charge is 2.06. The lowest BCUT2D eigenvalue weighted by Gasteiger charge is -2.09. The minimum atomic E-state index is 0.541. The summed E-state index contributed by atoms with van der Waals surface area (Å²) in [6.45, 7) is 3.95. The Hall–Kier alpha value is -2.46. The van der Waals surface area contributed by atoms with E-state index < -0.39 is 0 Å². The number of pyridine rings is 1. The molecule has 0 spiro atoms. The number of rotatable bonds is 3. The third-order valence-electron chi connectivity index (χ3n) is 3.11. The lowest BCUT2D eigenvalue weighted by molar-refractivity contribution is 1.11. The first-order valence-corrected chi connectivity index (χ1v) is 7.28. The number of anilines is 2. The standard InChI is InChI=1S/C17H15ClN4/c1-11-6-13(10-19-9-11)16-7-12(2)20-17(22-16)21-15-5-3-4-14(18)8-15/h3-10H,1-2H3,(H,20,21,22). The zero-order valence-electron chi connectivity index (χ0n) is 12.3. The van der Waals surface area contributed by atoms with Gasteiger partial charge in [-0.15, -0.1) is 0 Å². The van der Waals surface area contributed by atoms with Gasteiger partial charge in [0.1, 0.15) is 0 Å². The average molecular weight is 311 g/mol. The summed E-state index contributed by atoms with van der Waals surface area (Å²) in [5, 5.41) is 3.85. The van der Waals surface area contributed by atoms with E-state index in [1.807, 2.05) is 50.4 Å². The molecule has 0 saturated carbocycles. The molecular formula is C17H15ClN4. The van der Waals surface area contributed by atoms with Crippen LogP contribution in [0.4, 0.5) is 11.6 Å². The van der Waals surface area contributed by atoms with Gasteiger partial charge in [-0.05, 0) is 49.7 Å². The summed E-state index contributed by atoms with van der Waals surface area (Å²) in [5.74, 6) is 0.541. The molecule has 0 unspecified atom stereocenters. The van der Waals surface area contributed by atoms with Crippen molar-refractivity contribution in [2.75, 3.05) is 5.32 Å².